The van der Waals surface area contributed by atoms with Crippen molar-refractivity contribution < 1.29 is 14.7 Å². The first-order chi connectivity index (χ1) is 10.0. The third kappa shape index (κ3) is 3.76. The smallest absolute Gasteiger partial charge is 0.317 e. The van der Waals surface area contributed by atoms with Gasteiger partial charge in [0.05, 0.1) is 12.2 Å². The van der Waals surface area contributed by atoms with Crippen molar-refractivity contribution in [3.05, 3.63) is 10.6 Å². The summed E-state index contributed by atoms with van der Waals surface area (Å²) in [7, 11) is 0. The predicted octanol–water partition coefficient (Wildman–Crippen LogP) is 0.768. The Morgan fingerprint density at radius 1 is 1.43 bits per heavy atom. The van der Waals surface area contributed by atoms with E-state index in [1.54, 1.807) is 0 Å². The topological polar surface area (TPSA) is 95.4 Å². The lowest BCUT2D eigenvalue weighted by atomic mass is 9.85. The lowest BCUT2D eigenvalue weighted by Crippen LogP contribution is -2.54. The first-order valence-corrected chi connectivity index (χ1v) is 7.90. The fraction of sp³-hybridized carbons (Fsp3) is 0.692. The Balaban J connectivity index is 1.82. The van der Waals surface area contributed by atoms with Crippen LogP contribution in [0.5, 0.6) is 0 Å². The summed E-state index contributed by atoms with van der Waals surface area (Å²) in [5.74, 6) is -0.931. The van der Waals surface area contributed by atoms with Crippen molar-refractivity contribution in [3.63, 3.8) is 0 Å². The Morgan fingerprint density at radius 3 is 2.71 bits per heavy atom. The average molecular weight is 312 g/mol. The van der Waals surface area contributed by atoms with E-state index in [2.05, 4.69) is 14.9 Å². The summed E-state index contributed by atoms with van der Waals surface area (Å²) in [5.41, 5.74) is 0.731. The first kappa shape index (κ1) is 15.8. The molecule has 0 spiro atoms. The number of nitrogens with zero attached hydrogens (tertiary/aromatic N) is 3. The molecule has 1 heterocycles. The largest absolute Gasteiger partial charge is 0.480 e. The second kappa shape index (κ2) is 6.95. The molecule has 0 atom stereocenters. The summed E-state index contributed by atoms with van der Waals surface area (Å²) in [6.45, 7) is 4.65. The molecule has 2 rings (SSSR count). The second-order valence-corrected chi connectivity index (χ2v) is 5.91. The molecule has 8 heteroatoms. The molecule has 1 saturated carbocycles. The number of aryl methyl sites for hydroxylation is 1. The zero-order chi connectivity index (χ0) is 15.4. The summed E-state index contributed by atoms with van der Waals surface area (Å²) < 4.78 is 3.81. The van der Waals surface area contributed by atoms with Crippen LogP contribution in [-0.4, -0.2) is 56.6 Å². The van der Waals surface area contributed by atoms with Gasteiger partial charge in [0.2, 0.25) is 0 Å². The summed E-state index contributed by atoms with van der Waals surface area (Å²) >= 11 is 1.12. The minimum absolute atomic E-state index is 0.0561. The molecule has 7 nitrogen and oxygen atoms in total. The maximum Gasteiger partial charge on any atom is 0.317 e. The van der Waals surface area contributed by atoms with Crippen LogP contribution in [0.4, 0.5) is 0 Å². The molecule has 0 aromatic carbocycles. The number of hydrogen-bond acceptors (Lipinski definition) is 6. The number of nitrogens with one attached hydrogen (secondary N) is 1. The Hall–Kier alpha value is -1.54. The average Bonchev–Trinajstić information content (AvgIpc) is 2.88. The first-order valence-electron chi connectivity index (χ1n) is 7.13. The van der Waals surface area contributed by atoms with Crippen molar-refractivity contribution in [2.75, 3.05) is 13.1 Å². The molecule has 0 aliphatic heterocycles. The number of carbonyl (C=O) groups excluding carboxylic acids is 1. The van der Waals surface area contributed by atoms with Crippen LogP contribution in [-0.2, 0) is 11.2 Å². The molecule has 1 aliphatic rings. The van der Waals surface area contributed by atoms with E-state index in [4.69, 9.17) is 5.11 Å². The lowest BCUT2D eigenvalue weighted by molar-refractivity contribution is -0.139. The minimum atomic E-state index is -0.812. The van der Waals surface area contributed by atoms with Gasteiger partial charge in [-0.25, -0.2) is 0 Å². The van der Waals surface area contributed by atoms with Gasteiger partial charge in [-0.05, 0) is 37.3 Å². The zero-order valence-corrected chi connectivity index (χ0v) is 13.0. The number of carboxylic acid groups (broad SMARTS) is 1. The highest BCUT2D eigenvalue weighted by Gasteiger charge is 2.35. The van der Waals surface area contributed by atoms with Crippen LogP contribution < -0.4 is 5.32 Å². The second-order valence-electron chi connectivity index (χ2n) is 5.15. The predicted molar refractivity (Wildman–Crippen MR) is 78.4 cm³/mol. The normalized spacial score (nSPS) is 21.1. The highest BCUT2D eigenvalue weighted by Crippen LogP contribution is 2.26. The van der Waals surface area contributed by atoms with Crippen LogP contribution >= 0.6 is 11.5 Å². The Labute approximate surface area is 127 Å². The molecule has 2 N–H and O–H groups in total. The van der Waals surface area contributed by atoms with Crippen molar-refractivity contribution in [3.8, 4) is 0 Å². The third-order valence-electron chi connectivity index (χ3n) is 3.81. The molecule has 1 aromatic rings. The van der Waals surface area contributed by atoms with Crippen molar-refractivity contribution in [1.82, 2.24) is 19.8 Å². The summed E-state index contributed by atoms with van der Waals surface area (Å²) in [6, 6.07) is 0.346. The monoisotopic (exact) mass is 312 g/mol. The van der Waals surface area contributed by atoms with Crippen LogP contribution in [0.3, 0.4) is 0 Å². The standard InChI is InChI=1S/C13H20N4O3S/c1-3-10-12(21-16-15-10)13(20)14-8-5-9(6-8)17(4-2)7-11(18)19/h8-9H,3-7H2,1-2H3,(H,14,20)(H,18,19). The molecule has 0 radical (unpaired) electrons. The lowest BCUT2D eigenvalue weighted by Gasteiger charge is -2.42. The third-order valence-corrected chi connectivity index (χ3v) is 4.57. The number of rotatable bonds is 7. The number of aliphatic carboxylic acids is 1. The fourth-order valence-corrected chi connectivity index (χ4v) is 3.19. The van der Waals surface area contributed by atoms with Crippen LogP contribution in [0.2, 0.25) is 0 Å². The van der Waals surface area contributed by atoms with Gasteiger partial charge in [-0.3, -0.25) is 14.5 Å². The molecule has 1 amide bonds. The molecule has 1 aromatic heterocycles. The van der Waals surface area contributed by atoms with Crippen LogP contribution in [0.15, 0.2) is 0 Å². The SMILES string of the molecule is CCc1nnsc1C(=O)NC1CC(N(CC)CC(=O)O)C1. The molecule has 1 fully saturated rings. The van der Waals surface area contributed by atoms with Gasteiger partial charge in [0.25, 0.3) is 5.91 Å². The minimum Gasteiger partial charge on any atom is -0.480 e. The van der Waals surface area contributed by atoms with E-state index in [9.17, 15) is 9.59 Å². The number of aromatic nitrogens is 2. The summed E-state index contributed by atoms with van der Waals surface area (Å²) in [6.07, 6.45) is 2.27. The Kier molecular flexibility index (Phi) is 5.24. The molecule has 116 valence electrons. The van der Waals surface area contributed by atoms with Gasteiger partial charge in [-0.1, -0.05) is 18.3 Å². The van der Waals surface area contributed by atoms with Crippen LogP contribution in [0, 0.1) is 0 Å². The number of carbonyl (C=O) groups is 2. The Morgan fingerprint density at radius 2 is 2.14 bits per heavy atom. The van der Waals surface area contributed by atoms with Gasteiger partial charge in [0.1, 0.15) is 4.88 Å². The number of amides is 1. The quantitative estimate of drug-likeness (QED) is 0.772. The number of carboxylic acids is 1. The van der Waals surface area contributed by atoms with Gasteiger partial charge in [-0.15, -0.1) is 5.10 Å². The van der Waals surface area contributed by atoms with Gasteiger partial charge < -0.3 is 10.4 Å². The highest BCUT2D eigenvalue weighted by atomic mass is 32.1. The zero-order valence-electron chi connectivity index (χ0n) is 12.2. The summed E-state index contributed by atoms with van der Waals surface area (Å²) in [5, 5.41) is 15.8. The van der Waals surface area contributed by atoms with Crippen LogP contribution in [0.1, 0.15) is 42.1 Å². The van der Waals surface area contributed by atoms with Gasteiger partial charge in [0.15, 0.2) is 0 Å². The van der Waals surface area contributed by atoms with E-state index in [1.807, 2.05) is 18.7 Å². The molecular formula is C13H20N4O3S. The van der Waals surface area contributed by atoms with Crippen molar-refractivity contribution in [2.45, 2.75) is 45.2 Å². The van der Waals surface area contributed by atoms with E-state index in [1.165, 1.54) is 0 Å². The van der Waals surface area contributed by atoms with Gasteiger partial charge >= 0.3 is 5.97 Å². The molecule has 0 saturated heterocycles. The van der Waals surface area contributed by atoms with Crippen LogP contribution in [0.25, 0.3) is 0 Å². The molecule has 0 unspecified atom stereocenters. The van der Waals surface area contributed by atoms with Gasteiger partial charge in [-0.2, -0.15) is 0 Å². The molecule has 21 heavy (non-hydrogen) atoms. The maximum atomic E-state index is 12.1. The van der Waals surface area contributed by atoms with Crippen molar-refractivity contribution in [2.24, 2.45) is 0 Å². The van der Waals surface area contributed by atoms with E-state index >= 15 is 0 Å². The van der Waals surface area contributed by atoms with Crippen molar-refractivity contribution >= 4 is 23.4 Å². The fourth-order valence-electron chi connectivity index (χ4n) is 2.54. The van der Waals surface area contributed by atoms with Crippen molar-refractivity contribution in [1.29, 1.82) is 0 Å². The van der Waals surface area contributed by atoms with Gasteiger partial charge in [0, 0.05) is 12.1 Å². The molecule has 1 aliphatic carbocycles. The number of likely N-dealkylation sites (N-methyl/N-ethyl adjacent to an activating group) is 1. The highest BCUT2D eigenvalue weighted by molar-refractivity contribution is 7.08. The number of hydrogen-bond donors (Lipinski definition) is 2. The van der Waals surface area contributed by atoms with E-state index < -0.39 is 5.97 Å². The molecule has 0 bridgehead atoms. The van der Waals surface area contributed by atoms with E-state index in [-0.39, 0.29) is 24.5 Å². The summed E-state index contributed by atoms with van der Waals surface area (Å²) in [4.78, 5) is 25.4. The van der Waals surface area contributed by atoms with E-state index in [0.717, 1.165) is 30.1 Å². The molecular weight excluding hydrogens is 292 g/mol. The van der Waals surface area contributed by atoms with E-state index in [0.29, 0.717) is 17.8 Å². The Bertz CT molecular complexity index is 513. The maximum absolute atomic E-state index is 12.1.